The fourth-order valence-corrected chi connectivity index (χ4v) is 3.41. The molecule has 0 saturated carbocycles. The number of nitrogens with one attached hydrogen (secondary N) is 2. The van der Waals surface area contributed by atoms with Crippen molar-refractivity contribution in [2.75, 3.05) is 25.6 Å². The summed E-state index contributed by atoms with van der Waals surface area (Å²) in [6, 6.07) is 16.3. The lowest BCUT2D eigenvalue weighted by atomic mass is 10.1. The summed E-state index contributed by atoms with van der Waals surface area (Å²) >= 11 is 0. The van der Waals surface area contributed by atoms with Crippen LogP contribution in [0.1, 0.15) is 31.7 Å². The van der Waals surface area contributed by atoms with Crippen molar-refractivity contribution in [1.29, 1.82) is 0 Å². The molecule has 0 amide bonds. The number of ether oxygens (including phenoxy) is 2. The van der Waals surface area contributed by atoms with Crippen molar-refractivity contribution in [2.45, 2.75) is 39.8 Å². The Morgan fingerprint density at radius 1 is 1.09 bits per heavy atom. The summed E-state index contributed by atoms with van der Waals surface area (Å²) in [5.74, 6) is 3.04. The maximum atomic E-state index is 5.60. The van der Waals surface area contributed by atoms with E-state index in [-0.39, 0.29) is 24.0 Å². The molecule has 1 heterocycles. The molecule has 0 radical (unpaired) electrons. The minimum absolute atomic E-state index is 0. The molecular weight excluding hydrogens is 529 g/mol. The first-order valence-corrected chi connectivity index (χ1v) is 11.1. The van der Waals surface area contributed by atoms with Crippen LogP contribution in [-0.2, 0) is 19.5 Å². The van der Waals surface area contributed by atoms with E-state index in [9.17, 15) is 0 Å². The second-order valence-electron chi connectivity index (χ2n) is 7.24. The van der Waals surface area contributed by atoms with Gasteiger partial charge in [0.25, 0.3) is 0 Å². The summed E-state index contributed by atoms with van der Waals surface area (Å²) in [5.41, 5.74) is 2.23. The molecule has 0 bridgehead atoms. The van der Waals surface area contributed by atoms with E-state index < -0.39 is 0 Å². The standard InChI is InChI=1S/C25H33N5O2.HI/c1-4-26-25(29-21-13-14-22(32-5-2)23(18-21)31-3)28-19-24-27-15-17-30(24)16-9-12-20-10-7-6-8-11-20;/h6-8,10-11,13-15,17-18H,4-5,9,12,16,19H2,1-3H3,(H2,26,28,29);1H. The molecule has 33 heavy (non-hydrogen) atoms. The number of aromatic nitrogens is 2. The maximum absolute atomic E-state index is 5.60. The first-order valence-electron chi connectivity index (χ1n) is 11.1. The average molecular weight is 563 g/mol. The van der Waals surface area contributed by atoms with Crippen LogP contribution in [0.15, 0.2) is 65.9 Å². The zero-order valence-corrected chi connectivity index (χ0v) is 21.9. The summed E-state index contributed by atoms with van der Waals surface area (Å²) < 4.78 is 13.2. The molecule has 3 aromatic rings. The molecule has 0 unspecified atom stereocenters. The normalized spacial score (nSPS) is 10.9. The monoisotopic (exact) mass is 563 g/mol. The van der Waals surface area contributed by atoms with Gasteiger partial charge in [0, 0.05) is 37.2 Å². The molecule has 0 saturated heterocycles. The zero-order chi connectivity index (χ0) is 22.6. The molecule has 0 aliphatic rings. The minimum Gasteiger partial charge on any atom is -0.493 e. The summed E-state index contributed by atoms with van der Waals surface area (Å²) in [6.45, 7) is 6.74. The molecule has 1 aromatic heterocycles. The van der Waals surface area contributed by atoms with Gasteiger partial charge in [-0.05, 0) is 44.4 Å². The summed E-state index contributed by atoms with van der Waals surface area (Å²) in [5, 5.41) is 6.62. The number of anilines is 1. The highest BCUT2D eigenvalue weighted by molar-refractivity contribution is 14.0. The second-order valence-corrected chi connectivity index (χ2v) is 7.24. The Hall–Kier alpha value is -2.75. The van der Waals surface area contributed by atoms with Gasteiger partial charge in [-0.25, -0.2) is 9.98 Å². The number of nitrogens with zero attached hydrogens (tertiary/aromatic N) is 3. The number of imidazole rings is 1. The Balaban J connectivity index is 0.00000385. The third kappa shape index (κ3) is 8.27. The smallest absolute Gasteiger partial charge is 0.196 e. The number of benzene rings is 2. The van der Waals surface area contributed by atoms with Crippen LogP contribution < -0.4 is 20.1 Å². The number of rotatable bonds is 11. The molecule has 0 fully saturated rings. The summed E-state index contributed by atoms with van der Waals surface area (Å²) in [6.07, 6.45) is 5.96. The minimum atomic E-state index is 0. The summed E-state index contributed by atoms with van der Waals surface area (Å²) in [7, 11) is 1.64. The Bertz CT molecular complexity index is 991. The molecule has 0 aliphatic carbocycles. The molecule has 0 atom stereocenters. The van der Waals surface area contributed by atoms with Crippen LogP contribution in [-0.4, -0.2) is 35.8 Å². The van der Waals surface area contributed by atoms with Gasteiger partial charge in [-0.15, -0.1) is 24.0 Å². The van der Waals surface area contributed by atoms with E-state index >= 15 is 0 Å². The molecule has 7 nitrogen and oxygen atoms in total. The van der Waals surface area contributed by atoms with E-state index in [4.69, 9.17) is 14.5 Å². The van der Waals surface area contributed by atoms with Gasteiger partial charge in [0.1, 0.15) is 12.4 Å². The van der Waals surface area contributed by atoms with E-state index in [1.54, 1.807) is 7.11 Å². The van der Waals surface area contributed by atoms with Crippen LogP contribution >= 0.6 is 24.0 Å². The average Bonchev–Trinajstić information content (AvgIpc) is 3.26. The van der Waals surface area contributed by atoms with E-state index in [2.05, 4.69) is 50.5 Å². The van der Waals surface area contributed by atoms with E-state index in [0.29, 0.717) is 24.9 Å². The fourth-order valence-electron chi connectivity index (χ4n) is 3.41. The van der Waals surface area contributed by atoms with Crippen molar-refractivity contribution < 1.29 is 9.47 Å². The van der Waals surface area contributed by atoms with Gasteiger partial charge in [0.05, 0.1) is 13.7 Å². The molecule has 3 rings (SSSR count). The van der Waals surface area contributed by atoms with Crippen LogP contribution in [0.4, 0.5) is 5.69 Å². The molecule has 2 aromatic carbocycles. The van der Waals surface area contributed by atoms with Gasteiger partial charge in [-0.2, -0.15) is 0 Å². The quantitative estimate of drug-likeness (QED) is 0.193. The van der Waals surface area contributed by atoms with Gasteiger partial charge in [-0.3, -0.25) is 0 Å². The topological polar surface area (TPSA) is 72.7 Å². The molecule has 0 aliphatic heterocycles. The molecule has 178 valence electrons. The highest BCUT2D eigenvalue weighted by Crippen LogP contribution is 2.30. The largest absolute Gasteiger partial charge is 0.493 e. The van der Waals surface area contributed by atoms with Crippen LogP contribution in [0.5, 0.6) is 11.5 Å². The highest BCUT2D eigenvalue weighted by Gasteiger charge is 2.08. The predicted molar refractivity (Wildman–Crippen MR) is 145 cm³/mol. The number of hydrogen-bond donors (Lipinski definition) is 2. The van der Waals surface area contributed by atoms with Crippen molar-refractivity contribution in [3.63, 3.8) is 0 Å². The van der Waals surface area contributed by atoms with Crippen molar-refractivity contribution in [1.82, 2.24) is 14.9 Å². The third-order valence-corrected chi connectivity index (χ3v) is 4.96. The second kappa shape index (κ2) is 14.4. The maximum Gasteiger partial charge on any atom is 0.196 e. The predicted octanol–water partition coefficient (Wildman–Crippen LogP) is 5.12. The molecular formula is C25H34IN5O2. The third-order valence-electron chi connectivity index (χ3n) is 4.96. The number of aryl methyl sites for hydroxylation is 2. The first-order chi connectivity index (χ1) is 15.7. The Morgan fingerprint density at radius 2 is 1.91 bits per heavy atom. The number of hydrogen-bond acceptors (Lipinski definition) is 4. The van der Waals surface area contributed by atoms with Crippen molar-refractivity contribution in [3.8, 4) is 11.5 Å². The van der Waals surface area contributed by atoms with Gasteiger partial charge >= 0.3 is 0 Å². The number of guanidine groups is 1. The van der Waals surface area contributed by atoms with Crippen LogP contribution in [0.2, 0.25) is 0 Å². The lowest BCUT2D eigenvalue weighted by Crippen LogP contribution is -2.30. The molecule has 8 heteroatoms. The molecule has 0 spiro atoms. The fraction of sp³-hybridized carbons (Fsp3) is 0.360. The van der Waals surface area contributed by atoms with E-state index in [1.165, 1.54) is 5.56 Å². The lowest BCUT2D eigenvalue weighted by molar-refractivity contribution is 0.311. The Kier molecular flexibility index (Phi) is 11.6. The zero-order valence-electron chi connectivity index (χ0n) is 19.6. The van der Waals surface area contributed by atoms with Crippen molar-refractivity contribution in [2.24, 2.45) is 4.99 Å². The van der Waals surface area contributed by atoms with Gasteiger partial charge in [-0.1, -0.05) is 30.3 Å². The van der Waals surface area contributed by atoms with E-state index in [1.807, 2.05) is 44.4 Å². The van der Waals surface area contributed by atoms with Crippen LogP contribution in [0, 0.1) is 0 Å². The number of halogens is 1. The van der Waals surface area contributed by atoms with Crippen LogP contribution in [0.25, 0.3) is 0 Å². The van der Waals surface area contributed by atoms with Gasteiger partial charge < -0.3 is 24.7 Å². The van der Waals surface area contributed by atoms with E-state index in [0.717, 1.165) is 43.2 Å². The summed E-state index contributed by atoms with van der Waals surface area (Å²) in [4.78, 5) is 9.24. The first kappa shape index (κ1) is 26.5. The van der Waals surface area contributed by atoms with Crippen molar-refractivity contribution in [3.05, 3.63) is 72.3 Å². The van der Waals surface area contributed by atoms with Crippen LogP contribution in [0.3, 0.4) is 0 Å². The van der Waals surface area contributed by atoms with Crippen molar-refractivity contribution >= 4 is 35.6 Å². The Labute approximate surface area is 213 Å². The lowest BCUT2D eigenvalue weighted by Gasteiger charge is -2.14. The SMILES string of the molecule is CCNC(=NCc1nccn1CCCc1ccccc1)Nc1ccc(OCC)c(OC)c1.I. The number of aliphatic imine (C=N–C) groups is 1. The molecule has 2 N–H and O–H groups in total. The number of methoxy groups -OCH3 is 1. The Morgan fingerprint density at radius 3 is 2.64 bits per heavy atom. The van der Waals surface area contributed by atoms with Gasteiger partial charge in [0.2, 0.25) is 0 Å². The van der Waals surface area contributed by atoms with Gasteiger partial charge in [0.15, 0.2) is 17.5 Å². The highest BCUT2D eigenvalue weighted by atomic mass is 127.